The van der Waals surface area contributed by atoms with Crippen molar-refractivity contribution in [1.29, 1.82) is 0 Å². The number of halogens is 5. The second kappa shape index (κ2) is 5.81. The fourth-order valence-electron chi connectivity index (χ4n) is 1.08. The van der Waals surface area contributed by atoms with Gasteiger partial charge in [0.15, 0.2) is 17.4 Å². The number of alkyl halides is 3. The van der Waals surface area contributed by atoms with E-state index < -0.39 is 30.1 Å². The van der Waals surface area contributed by atoms with Gasteiger partial charge in [-0.25, -0.2) is 8.78 Å². The highest BCUT2D eigenvalue weighted by Gasteiger charge is 2.25. The van der Waals surface area contributed by atoms with E-state index in [0.29, 0.717) is 0 Å². The van der Waals surface area contributed by atoms with Crippen LogP contribution in [0.2, 0.25) is 0 Å². The molecule has 1 N–H and O–H groups in total. The summed E-state index contributed by atoms with van der Waals surface area (Å²) in [5, 5.41) is 2.04. The van der Waals surface area contributed by atoms with Crippen LogP contribution in [0.25, 0.3) is 0 Å². The maximum atomic E-state index is 13.0. The zero-order valence-corrected chi connectivity index (χ0v) is 8.65. The predicted octanol–water partition coefficient (Wildman–Crippen LogP) is 2.50. The summed E-state index contributed by atoms with van der Waals surface area (Å²) in [6, 6.07) is 3.17. The molecular weight excluding hydrogens is 245 g/mol. The van der Waals surface area contributed by atoms with E-state index in [0.717, 1.165) is 12.1 Å². The van der Waals surface area contributed by atoms with Crippen LogP contribution < -0.4 is 10.1 Å². The molecule has 17 heavy (non-hydrogen) atoms. The minimum Gasteiger partial charge on any atom is -0.486 e. The van der Waals surface area contributed by atoms with E-state index in [4.69, 9.17) is 4.74 Å². The smallest absolute Gasteiger partial charge is 0.401 e. The average Bonchev–Trinajstić information content (AvgIpc) is 2.20. The van der Waals surface area contributed by atoms with E-state index in [1.807, 2.05) is 5.32 Å². The van der Waals surface area contributed by atoms with Gasteiger partial charge in [0.2, 0.25) is 0 Å². The van der Waals surface area contributed by atoms with Crippen LogP contribution in [0, 0.1) is 11.6 Å². The fourth-order valence-corrected chi connectivity index (χ4v) is 1.08. The first kappa shape index (κ1) is 13.7. The Morgan fingerprint density at radius 1 is 1.12 bits per heavy atom. The minimum absolute atomic E-state index is 0.159. The van der Waals surface area contributed by atoms with Crippen LogP contribution >= 0.6 is 0 Å². The lowest BCUT2D eigenvalue weighted by Gasteiger charge is -2.10. The number of para-hydroxylation sites is 1. The van der Waals surface area contributed by atoms with E-state index in [1.165, 1.54) is 6.07 Å². The molecule has 0 spiro atoms. The summed E-state index contributed by atoms with van der Waals surface area (Å²) in [7, 11) is 0. The van der Waals surface area contributed by atoms with Crippen molar-refractivity contribution in [3.8, 4) is 5.75 Å². The third kappa shape index (κ3) is 4.99. The molecule has 0 saturated heterocycles. The topological polar surface area (TPSA) is 21.3 Å². The van der Waals surface area contributed by atoms with Gasteiger partial charge < -0.3 is 10.1 Å². The summed E-state index contributed by atoms with van der Waals surface area (Å²) in [5.74, 6) is -2.36. The van der Waals surface area contributed by atoms with Crippen molar-refractivity contribution in [3.63, 3.8) is 0 Å². The largest absolute Gasteiger partial charge is 0.486 e. The molecule has 0 heterocycles. The zero-order valence-electron chi connectivity index (χ0n) is 8.65. The highest BCUT2D eigenvalue weighted by atomic mass is 19.4. The molecule has 0 atom stereocenters. The summed E-state index contributed by atoms with van der Waals surface area (Å²) in [6.45, 7) is -1.59. The zero-order chi connectivity index (χ0) is 12.9. The van der Waals surface area contributed by atoms with Gasteiger partial charge in [0.1, 0.15) is 6.61 Å². The van der Waals surface area contributed by atoms with Gasteiger partial charge in [0.25, 0.3) is 0 Å². The molecule has 0 unspecified atom stereocenters. The molecule has 2 nitrogen and oxygen atoms in total. The molecule has 0 radical (unpaired) electrons. The lowest BCUT2D eigenvalue weighted by atomic mass is 10.3. The highest BCUT2D eigenvalue weighted by molar-refractivity contribution is 5.25. The number of hydrogen-bond donors (Lipinski definition) is 1. The van der Waals surface area contributed by atoms with Crippen LogP contribution in [0.4, 0.5) is 22.0 Å². The Morgan fingerprint density at radius 2 is 1.71 bits per heavy atom. The van der Waals surface area contributed by atoms with Gasteiger partial charge in [0.05, 0.1) is 6.54 Å². The average molecular weight is 255 g/mol. The van der Waals surface area contributed by atoms with Crippen LogP contribution in [0.3, 0.4) is 0 Å². The summed E-state index contributed by atoms with van der Waals surface area (Å²) >= 11 is 0. The Hall–Kier alpha value is -1.37. The number of nitrogens with one attached hydrogen (secondary N) is 1. The van der Waals surface area contributed by atoms with Crippen molar-refractivity contribution in [2.75, 3.05) is 19.7 Å². The molecule has 1 rings (SSSR count). The van der Waals surface area contributed by atoms with Crippen molar-refractivity contribution < 1.29 is 26.7 Å². The van der Waals surface area contributed by atoms with E-state index in [-0.39, 0.29) is 13.2 Å². The molecule has 0 aromatic heterocycles. The van der Waals surface area contributed by atoms with Crippen LogP contribution in [0.15, 0.2) is 18.2 Å². The lowest BCUT2D eigenvalue weighted by molar-refractivity contribution is -0.124. The van der Waals surface area contributed by atoms with Crippen LogP contribution in [-0.2, 0) is 0 Å². The van der Waals surface area contributed by atoms with Gasteiger partial charge in [-0.2, -0.15) is 13.2 Å². The molecule has 1 aromatic carbocycles. The predicted molar refractivity (Wildman–Crippen MR) is 50.8 cm³/mol. The Morgan fingerprint density at radius 3 is 2.24 bits per heavy atom. The fraction of sp³-hybridized carbons (Fsp3) is 0.400. The first-order valence-electron chi connectivity index (χ1n) is 4.74. The Balaban J connectivity index is 2.32. The SMILES string of the molecule is Fc1cccc(F)c1OCCNCC(F)(F)F. The lowest BCUT2D eigenvalue weighted by Crippen LogP contribution is -2.31. The van der Waals surface area contributed by atoms with Crippen molar-refractivity contribution in [1.82, 2.24) is 5.32 Å². The number of hydrogen-bond acceptors (Lipinski definition) is 2. The van der Waals surface area contributed by atoms with Crippen molar-refractivity contribution in [3.05, 3.63) is 29.8 Å². The van der Waals surface area contributed by atoms with Crippen molar-refractivity contribution >= 4 is 0 Å². The molecule has 0 bridgehead atoms. The quantitative estimate of drug-likeness (QED) is 0.644. The van der Waals surface area contributed by atoms with E-state index in [9.17, 15) is 22.0 Å². The second-order valence-corrected chi connectivity index (χ2v) is 3.19. The molecule has 0 saturated carbocycles. The summed E-state index contributed by atoms with van der Waals surface area (Å²) in [4.78, 5) is 0. The second-order valence-electron chi connectivity index (χ2n) is 3.19. The molecular formula is C10H10F5NO. The van der Waals surface area contributed by atoms with Gasteiger partial charge in [-0.15, -0.1) is 0 Å². The molecule has 0 aliphatic heterocycles. The van der Waals surface area contributed by atoms with Crippen molar-refractivity contribution in [2.45, 2.75) is 6.18 Å². The van der Waals surface area contributed by atoms with E-state index in [2.05, 4.69) is 0 Å². The number of benzene rings is 1. The molecule has 0 fully saturated rings. The van der Waals surface area contributed by atoms with E-state index in [1.54, 1.807) is 0 Å². The molecule has 0 aliphatic rings. The van der Waals surface area contributed by atoms with Gasteiger partial charge in [-0.1, -0.05) is 6.07 Å². The molecule has 1 aromatic rings. The van der Waals surface area contributed by atoms with Gasteiger partial charge in [-0.3, -0.25) is 0 Å². The van der Waals surface area contributed by atoms with E-state index >= 15 is 0 Å². The summed E-state index contributed by atoms with van der Waals surface area (Å²) < 4.78 is 65.8. The Labute approximate surface area is 94.4 Å². The normalized spacial score (nSPS) is 11.6. The van der Waals surface area contributed by atoms with Crippen LogP contribution in [-0.4, -0.2) is 25.9 Å². The standard InChI is InChI=1S/C10H10F5NO/c11-7-2-1-3-8(12)9(7)17-5-4-16-6-10(13,14)15/h1-3,16H,4-6H2. The van der Waals surface area contributed by atoms with Gasteiger partial charge in [-0.05, 0) is 12.1 Å². The third-order valence-electron chi connectivity index (χ3n) is 1.77. The van der Waals surface area contributed by atoms with Crippen LogP contribution in [0.1, 0.15) is 0 Å². The first-order valence-corrected chi connectivity index (χ1v) is 4.74. The number of ether oxygens (including phenoxy) is 1. The first-order chi connectivity index (χ1) is 7.90. The monoisotopic (exact) mass is 255 g/mol. The summed E-state index contributed by atoms with van der Waals surface area (Å²) in [6.07, 6.45) is -4.32. The Kier molecular flexibility index (Phi) is 4.68. The third-order valence-corrected chi connectivity index (χ3v) is 1.77. The van der Waals surface area contributed by atoms with Gasteiger partial charge >= 0.3 is 6.18 Å². The Bertz CT molecular complexity index is 346. The van der Waals surface area contributed by atoms with Gasteiger partial charge in [0, 0.05) is 6.54 Å². The minimum atomic E-state index is -4.32. The molecule has 96 valence electrons. The van der Waals surface area contributed by atoms with Crippen molar-refractivity contribution in [2.24, 2.45) is 0 Å². The summed E-state index contributed by atoms with van der Waals surface area (Å²) in [5.41, 5.74) is 0. The maximum absolute atomic E-state index is 13.0. The molecule has 0 aliphatic carbocycles. The number of rotatable bonds is 5. The molecule has 7 heteroatoms. The molecule has 0 amide bonds. The highest BCUT2D eigenvalue weighted by Crippen LogP contribution is 2.20. The maximum Gasteiger partial charge on any atom is 0.401 e. The van der Waals surface area contributed by atoms with Crippen LogP contribution in [0.5, 0.6) is 5.75 Å².